The van der Waals surface area contributed by atoms with Gasteiger partial charge in [-0.05, 0) is 32.1 Å². The molecule has 1 aliphatic rings. The zero-order chi connectivity index (χ0) is 12.5. The topological polar surface area (TPSA) is 57.6 Å². The molecule has 0 bridgehead atoms. The minimum Gasteiger partial charge on any atom is -0.481 e. The highest BCUT2D eigenvalue weighted by Gasteiger charge is 2.35. The SMILES string of the molecule is CC1CC(C)C(C)N(C(=O)C(C)C(=O)O)C1. The van der Waals surface area contributed by atoms with Crippen molar-refractivity contribution >= 4 is 11.9 Å². The first-order valence-corrected chi connectivity index (χ1v) is 5.87. The van der Waals surface area contributed by atoms with Crippen LogP contribution in [-0.2, 0) is 9.59 Å². The van der Waals surface area contributed by atoms with Crippen LogP contribution < -0.4 is 0 Å². The van der Waals surface area contributed by atoms with Crippen LogP contribution in [0.4, 0.5) is 0 Å². The van der Waals surface area contributed by atoms with Crippen LogP contribution >= 0.6 is 0 Å². The minimum absolute atomic E-state index is 0.144. The Balaban J connectivity index is 2.77. The summed E-state index contributed by atoms with van der Waals surface area (Å²) in [4.78, 5) is 24.5. The number of carboxylic acid groups (broad SMARTS) is 1. The Bertz CT molecular complexity index is 290. The fourth-order valence-electron chi connectivity index (χ4n) is 2.36. The number of rotatable bonds is 2. The van der Waals surface area contributed by atoms with Gasteiger partial charge in [-0.1, -0.05) is 13.8 Å². The van der Waals surface area contributed by atoms with Gasteiger partial charge in [0, 0.05) is 12.6 Å². The average Bonchev–Trinajstić information content (AvgIpc) is 2.21. The first-order valence-electron chi connectivity index (χ1n) is 5.87. The Hall–Kier alpha value is -1.06. The molecule has 4 heteroatoms. The van der Waals surface area contributed by atoms with Gasteiger partial charge in [-0.25, -0.2) is 0 Å². The summed E-state index contributed by atoms with van der Waals surface area (Å²) < 4.78 is 0. The Morgan fingerprint density at radius 3 is 2.38 bits per heavy atom. The summed E-state index contributed by atoms with van der Waals surface area (Å²) in [7, 11) is 0. The molecule has 0 aromatic heterocycles. The zero-order valence-electron chi connectivity index (χ0n) is 10.4. The predicted molar refractivity (Wildman–Crippen MR) is 60.9 cm³/mol. The zero-order valence-corrected chi connectivity index (χ0v) is 10.4. The lowest BCUT2D eigenvalue weighted by Crippen LogP contribution is -2.51. The average molecular weight is 227 g/mol. The van der Waals surface area contributed by atoms with Crippen molar-refractivity contribution in [1.29, 1.82) is 0 Å². The molecule has 1 N–H and O–H groups in total. The lowest BCUT2D eigenvalue weighted by Gasteiger charge is -2.41. The first-order chi connectivity index (χ1) is 7.34. The Labute approximate surface area is 96.6 Å². The molecule has 1 heterocycles. The van der Waals surface area contributed by atoms with Crippen LogP contribution in [0.5, 0.6) is 0 Å². The van der Waals surface area contributed by atoms with Crippen molar-refractivity contribution in [3.05, 3.63) is 0 Å². The lowest BCUT2D eigenvalue weighted by atomic mass is 9.85. The fraction of sp³-hybridized carbons (Fsp3) is 0.833. The number of carbonyl (C=O) groups excluding carboxylic acids is 1. The Morgan fingerprint density at radius 1 is 1.31 bits per heavy atom. The molecule has 0 spiro atoms. The minimum atomic E-state index is -1.04. The van der Waals surface area contributed by atoms with Gasteiger partial charge in [0.15, 0.2) is 0 Å². The third-order valence-electron chi connectivity index (χ3n) is 3.62. The first kappa shape index (κ1) is 13.0. The summed E-state index contributed by atoms with van der Waals surface area (Å²) in [5.74, 6) is -1.33. The molecule has 4 unspecified atom stereocenters. The quantitative estimate of drug-likeness (QED) is 0.729. The summed E-state index contributed by atoms with van der Waals surface area (Å²) in [6.07, 6.45) is 1.10. The predicted octanol–water partition coefficient (Wildman–Crippen LogP) is 1.60. The molecular formula is C12H21NO3. The molecule has 1 rings (SSSR count). The molecule has 92 valence electrons. The van der Waals surface area contributed by atoms with Crippen molar-refractivity contribution in [3.8, 4) is 0 Å². The molecule has 4 nitrogen and oxygen atoms in total. The molecule has 1 amide bonds. The number of likely N-dealkylation sites (tertiary alicyclic amines) is 1. The molecule has 0 aromatic rings. The van der Waals surface area contributed by atoms with Gasteiger partial charge in [-0.15, -0.1) is 0 Å². The van der Waals surface area contributed by atoms with E-state index in [4.69, 9.17) is 5.11 Å². The van der Waals surface area contributed by atoms with E-state index in [1.807, 2.05) is 6.92 Å². The fourth-order valence-corrected chi connectivity index (χ4v) is 2.36. The van der Waals surface area contributed by atoms with Crippen LogP contribution in [0.2, 0.25) is 0 Å². The van der Waals surface area contributed by atoms with E-state index in [-0.39, 0.29) is 11.9 Å². The molecule has 0 saturated carbocycles. The van der Waals surface area contributed by atoms with Crippen LogP contribution in [0, 0.1) is 17.8 Å². The van der Waals surface area contributed by atoms with Crippen LogP contribution in [0.3, 0.4) is 0 Å². The molecule has 1 fully saturated rings. The summed E-state index contributed by atoms with van der Waals surface area (Å²) in [5, 5.41) is 8.85. The third kappa shape index (κ3) is 2.54. The Kier molecular flexibility index (Phi) is 3.94. The molecule has 0 radical (unpaired) electrons. The van der Waals surface area contributed by atoms with E-state index < -0.39 is 11.9 Å². The van der Waals surface area contributed by atoms with Crippen molar-refractivity contribution in [2.75, 3.05) is 6.54 Å². The van der Waals surface area contributed by atoms with Crippen LogP contribution in [0.15, 0.2) is 0 Å². The van der Waals surface area contributed by atoms with Gasteiger partial charge in [-0.2, -0.15) is 0 Å². The van der Waals surface area contributed by atoms with Crippen molar-refractivity contribution in [2.24, 2.45) is 17.8 Å². The lowest BCUT2D eigenvalue weighted by molar-refractivity contribution is -0.153. The number of hydrogen-bond acceptors (Lipinski definition) is 2. The van der Waals surface area contributed by atoms with Crippen LogP contribution in [0.1, 0.15) is 34.1 Å². The van der Waals surface area contributed by atoms with Crippen LogP contribution in [0.25, 0.3) is 0 Å². The third-order valence-corrected chi connectivity index (χ3v) is 3.62. The molecule has 1 aliphatic heterocycles. The van der Waals surface area contributed by atoms with E-state index >= 15 is 0 Å². The summed E-state index contributed by atoms with van der Waals surface area (Å²) in [6, 6.07) is 0.144. The van der Waals surface area contributed by atoms with E-state index in [1.165, 1.54) is 6.92 Å². The van der Waals surface area contributed by atoms with Crippen molar-refractivity contribution < 1.29 is 14.7 Å². The van der Waals surface area contributed by atoms with Gasteiger partial charge in [0.1, 0.15) is 5.92 Å². The van der Waals surface area contributed by atoms with Gasteiger partial charge in [0.05, 0.1) is 0 Å². The molecule has 4 atom stereocenters. The summed E-state index contributed by atoms with van der Waals surface area (Å²) >= 11 is 0. The number of hydrogen-bond donors (Lipinski definition) is 1. The highest BCUT2D eigenvalue weighted by Crippen LogP contribution is 2.27. The molecule has 0 aromatic carbocycles. The number of nitrogens with zero attached hydrogens (tertiary/aromatic N) is 1. The maximum atomic E-state index is 12.0. The number of piperidine rings is 1. The monoisotopic (exact) mass is 227 g/mol. The highest BCUT2D eigenvalue weighted by atomic mass is 16.4. The summed E-state index contributed by atoms with van der Waals surface area (Å²) in [5.41, 5.74) is 0. The van der Waals surface area contributed by atoms with E-state index in [1.54, 1.807) is 4.90 Å². The number of carbonyl (C=O) groups is 2. The van der Waals surface area contributed by atoms with Gasteiger partial charge in [-0.3, -0.25) is 9.59 Å². The van der Waals surface area contributed by atoms with E-state index in [9.17, 15) is 9.59 Å². The van der Waals surface area contributed by atoms with E-state index in [0.29, 0.717) is 18.4 Å². The number of aliphatic carboxylic acids is 1. The van der Waals surface area contributed by atoms with Crippen molar-refractivity contribution in [2.45, 2.75) is 40.2 Å². The van der Waals surface area contributed by atoms with Crippen molar-refractivity contribution in [3.63, 3.8) is 0 Å². The van der Waals surface area contributed by atoms with Crippen LogP contribution in [-0.4, -0.2) is 34.5 Å². The summed E-state index contributed by atoms with van der Waals surface area (Å²) in [6.45, 7) is 8.37. The molecule has 1 saturated heterocycles. The second kappa shape index (κ2) is 4.85. The van der Waals surface area contributed by atoms with Gasteiger partial charge in [0.2, 0.25) is 5.91 Å². The van der Waals surface area contributed by atoms with E-state index in [0.717, 1.165) is 6.42 Å². The standard InChI is InChI=1S/C12H21NO3/c1-7-5-8(2)10(4)13(6-7)11(14)9(3)12(15)16/h7-10H,5-6H2,1-4H3,(H,15,16). The molecule has 16 heavy (non-hydrogen) atoms. The Morgan fingerprint density at radius 2 is 1.88 bits per heavy atom. The highest BCUT2D eigenvalue weighted by molar-refractivity contribution is 5.96. The smallest absolute Gasteiger partial charge is 0.315 e. The maximum absolute atomic E-state index is 12.0. The second-order valence-electron chi connectivity index (χ2n) is 5.11. The van der Waals surface area contributed by atoms with Gasteiger partial charge in [0.25, 0.3) is 0 Å². The molecular weight excluding hydrogens is 206 g/mol. The van der Waals surface area contributed by atoms with E-state index in [2.05, 4.69) is 13.8 Å². The second-order valence-corrected chi connectivity index (χ2v) is 5.11. The number of amides is 1. The van der Waals surface area contributed by atoms with Gasteiger partial charge < -0.3 is 10.0 Å². The maximum Gasteiger partial charge on any atom is 0.315 e. The largest absolute Gasteiger partial charge is 0.481 e. The van der Waals surface area contributed by atoms with Crippen molar-refractivity contribution in [1.82, 2.24) is 4.90 Å². The number of carboxylic acids is 1. The molecule has 0 aliphatic carbocycles. The van der Waals surface area contributed by atoms with Gasteiger partial charge >= 0.3 is 5.97 Å². The normalized spacial score (nSPS) is 32.2.